The standard InChI is InChI=1S/C20H17F2N9O/c1-11-5-14-15(24-4-3-23-14)6-13(11)27-19-25-8-16-18(28-19)31(20(32)29(16)2)12-7-26-30(9-12)10-17(21)22/h3-9,17H,10H2,1-2H3,(H,25,27,28). The van der Waals surface area contributed by atoms with Gasteiger partial charge in [0.2, 0.25) is 5.95 Å². The van der Waals surface area contributed by atoms with E-state index in [9.17, 15) is 13.6 Å². The molecule has 5 aromatic rings. The van der Waals surface area contributed by atoms with Crippen LogP contribution in [0.3, 0.4) is 0 Å². The van der Waals surface area contributed by atoms with Crippen molar-refractivity contribution in [2.45, 2.75) is 19.9 Å². The minimum absolute atomic E-state index is 0.267. The number of hydrogen-bond acceptors (Lipinski definition) is 7. The fraction of sp³-hybridized carbons (Fsp3) is 0.200. The van der Waals surface area contributed by atoms with E-state index in [1.54, 1.807) is 19.4 Å². The molecule has 0 aliphatic heterocycles. The summed E-state index contributed by atoms with van der Waals surface area (Å²) in [6, 6.07) is 3.75. The van der Waals surface area contributed by atoms with Crippen molar-refractivity contribution in [3.63, 3.8) is 0 Å². The van der Waals surface area contributed by atoms with Crippen molar-refractivity contribution < 1.29 is 8.78 Å². The van der Waals surface area contributed by atoms with Gasteiger partial charge < -0.3 is 5.32 Å². The van der Waals surface area contributed by atoms with E-state index in [4.69, 9.17) is 0 Å². The Morgan fingerprint density at radius 2 is 1.84 bits per heavy atom. The monoisotopic (exact) mass is 437 g/mol. The van der Waals surface area contributed by atoms with Gasteiger partial charge in [0.05, 0.1) is 29.1 Å². The second-order valence-electron chi connectivity index (χ2n) is 7.23. The van der Waals surface area contributed by atoms with Crippen LogP contribution in [0.4, 0.5) is 20.4 Å². The van der Waals surface area contributed by atoms with Gasteiger partial charge in [0.15, 0.2) is 5.65 Å². The molecule has 1 N–H and O–H groups in total. The Morgan fingerprint density at radius 3 is 2.59 bits per heavy atom. The number of fused-ring (bicyclic) bond motifs is 2. The average Bonchev–Trinajstić information content (AvgIpc) is 3.30. The Bertz CT molecular complexity index is 1520. The van der Waals surface area contributed by atoms with Crippen molar-refractivity contribution in [3.05, 3.63) is 59.2 Å². The van der Waals surface area contributed by atoms with Crippen LogP contribution in [-0.4, -0.2) is 45.3 Å². The van der Waals surface area contributed by atoms with Crippen molar-refractivity contribution in [1.29, 1.82) is 0 Å². The van der Waals surface area contributed by atoms with Crippen molar-refractivity contribution in [2.24, 2.45) is 7.05 Å². The van der Waals surface area contributed by atoms with E-state index >= 15 is 0 Å². The fourth-order valence-corrected chi connectivity index (χ4v) is 3.48. The van der Waals surface area contributed by atoms with E-state index in [2.05, 4.69) is 30.4 Å². The Labute approximate surface area is 179 Å². The summed E-state index contributed by atoms with van der Waals surface area (Å²) in [5, 5.41) is 7.08. The smallest absolute Gasteiger partial charge is 0.324 e. The highest BCUT2D eigenvalue weighted by molar-refractivity contribution is 5.82. The van der Waals surface area contributed by atoms with Crippen LogP contribution >= 0.6 is 0 Å². The average molecular weight is 437 g/mol. The van der Waals surface area contributed by atoms with E-state index in [-0.39, 0.29) is 11.6 Å². The van der Waals surface area contributed by atoms with E-state index in [0.717, 1.165) is 21.4 Å². The molecule has 0 saturated carbocycles. The van der Waals surface area contributed by atoms with Crippen LogP contribution in [0.5, 0.6) is 0 Å². The van der Waals surface area contributed by atoms with Gasteiger partial charge in [-0.1, -0.05) is 0 Å². The summed E-state index contributed by atoms with van der Waals surface area (Å²) in [5.74, 6) is 0.267. The van der Waals surface area contributed by atoms with E-state index in [1.165, 1.54) is 27.7 Å². The predicted molar refractivity (Wildman–Crippen MR) is 113 cm³/mol. The van der Waals surface area contributed by atoms with Crippen LogP contribution in [-0.2, 0) is 13.6 Å². The Morgan fingerprint density at radius 1 is 1.09 bits per heavy atom. The highest BCUT2D eigenvalue weighted by Crippen LogP contribution is 2.24. The molecule has 0 aliphatic carbocycles. The van der Waals surface area contributed by atoms with Gasteiger partial charge in [-0.3, -0.25) is 19.2 Å². The lowest BCUT2D eigenvalue weighted by molar-refractivity contribution is 0.122. The largest absolute Gasteiger partial charge is 0.334 e. The molecule has 0 amide bonds. The van der Waals surface area contributed by atoms with Crippen LogP contribution in [0.1, 0.15) is 5.56 Å². The van der Waals surface area contributed by atoms with E-state index < -0.39 is 13.0 Å². The lowest BCUT2D eigenvalue weighted by atomic mass is 10.1. The van der Waals surface area contributed by atoms with Gasteiger partial charge in [-0.2, -0.15) is 10.1 Å². The first-order valence-electron chi connectivity index (χ1n) is 9.64. The maximum atomic E-state index is 12.8. The van der Waals surface area contributed by atoms with Gasteiger partial charge in [-0.05, 0) is 24.6 Å². The molecule has 0 saturated heterocycles. The lowest BCUT2D eigenvalue weighted by Gasteiger charge is -2.09. The molecule has 0 spiro atoms. The highest BCUT2D eigenvalue weighted by atomic mass is 19.3. The number of nitrogens with zero attached hydrogens (tertiary/aromatic N) is 8. The van der Waals surface area contributed by atoms with Gasteiger partial charge in [0.1, 0.15) is 12.1 Å². The van der Waals surface area contributed by atoms with E-state index in [0.29, 0.717) is 22.4 Å². The molecule has 0 bridgehead atoms. The number of halogens is 2. The molecule has 0 aliphatic rings. The summed E-state index contributed by atoms with van der Waals surface area (Å²) in [6.07, 6.45) is 4.95. The molecular weight excluding hydrogens is 420 g/mol. The molecule has 32 heavy (non-hydrogen) atoms. The van der Waals surface area contributed by atoms with Gasteiger partial charge in [-0.25, -0.2) is 23.1 Å². The van der Waals surface area contributed by atoms with Crippen LogP contribution in [0, 0.1) is 6.92 Å². The minimum Gasteiger partial charge on any atom is -0.324 e. The van der Waals surface area contributed by atoms with Crippen LogP contribution < -0.4 is 11.0 Å². The zero-order valence-corrected chi connectivity index (χ0v) is 17.1. The van der Waals surface area contributed by atoms with Crippen LogP contribution in [0.2, 0.25) is 0 Å². The first-order chi connectivity index (χ1) is 15.4. The third-order valence-corrected chi connectivity index (χ3v) is 5.07. The number of aromatic nitrogens is 8. The van der Waals surface area contributed by atoms with Gasteiger partial charge >= 0.3 is 5.69 Å². The number of imidazole rings is 1. The molecule has 0 radical (unpaired) electrons. The molecular formula is C20H17F2N9O. The van der Waals surface area contributed by atoms with Crippen molar-refractivity contribution in [2.75, 3.05) is 5.32 Å². The second kappa shape index (κ2) is 7.48. The summed E-state index contributed by atoms with van der Waals surface area (Å²) in [5.41, 5.74) is 3.90. The molecule has 162 valence electrons. The molecule has 12 heteroatoms. The molecule has 4 heterocycles. The maximum absolute atomic E-state index is 12.8. The second-order valence-corrected chi connectivity index (χ2v) is 7.23. The quantitative estimate of drug-likeness (QED) is 0.450. The highest BCUT2D eigenvalue weighted by Gasteiger charge is 2.17. The number of hydrogen-bond donors (Lipinski definition) is 1. The van der Waals surface area contributed by atoms with E-state index in [1.807, 2.05) is 19.1 Å². The van der Waals surface area contributed by atoms with Crippen molar-refractivity contribution in [1.82, 2.24) is 38.9 Å². The fourth-order valence-electron chi connectivity index (χ4n) is 3.48. The zero-order valence-electron chi connectivity index (χ0n) is 17.1. The normalized spacial score (nSPS) is 11.7. The van der Waals surface area contributed by atoms with Gasteiger partial charge in [-0.15, -0.1) is 0 Å². The molecule has 0 atom stereocenters. The third-order valence-electron chi connectivity index (χ3n) is 5.07. The Hall–Kier alpha value is -4.22. The first kappa shape index (κ1) is 19.7. The summed E-state index contributed by atoms with van der Waals surface area (Å²) in [6.45, 7) is 1.36. The van der Waals surface area contributed by atoms with Gasteiger partial charge in [0.25, 0.3) is 6.43 Å². The molecule has 0 unspecified atom stereocenters. The summed E-state index contributed by atoms with van der Waals surface area (Å²) in [7, 11) is 1.59. The number of nitrogens with one attached hydrogen (secondary N) is 1. The molecule has 1 aromatic carbocycles. The summed E-state index contributed by atoms with van der Waals surface area (Å²) < 4.78 is 29.2. The lowest BCUT2D eigenvalue weighted by Crippen LogP contribution is -2.20. The molecule has 4 aromatic heterocycles. The number of rotatable bonds is 5. The first-order valence-corrected chi connectivity index (χ1v) is 9.64. The summed E-state index contributed by atoms with van der Waals surface area (Å²) >= 11 is 0. The Kier molecular flexibility index (Phi) is 4.61. The topological polar surface area (TPSA) is 108 Å². The zero-order chi connectivity index (χ0) is 22.4. The SMILES string of the molecule is Cc1cc2nccnc2cc1Nc1ncc2c(n1)n(-c1cnn(CC(F)F)c1)c(=O)n2C. The summed E-state index contributed by atoms with van der Waals surface area (Å²) in [4.78, 5) is 30.3. The predicted octanol–water partition coefficient (Wildman–Crippen LogP) is 2.58. The Balaban J connectivity index is 1.58. The van der Waals surface area contributed by atoms with Gasteiger partial charge in [0, 0.05) is 31.3 Å². The van der Waals surface area contributed by atoms with Crippen LogP contribution in [0.15, 0.2) is 47.9 Å². The number of anilines is 2. The molecule has 0 fully saturated rings. The molecule has 5 rings (SSSR count). The molecule has 10 nitrogen and oxygen atoms in total. The third kappa shape index (κ3) is 3.35. The van der Waals surface area contributed by atoms with Crippen molar-refractivity contribution in [3.8, 4) is 5.69 Å². The van der Waals surface area contributed by atoms with Crippen molar-refractivity contribution >= 4 is 33.8 Å². The number of alkyl halides is 2. The van der Waals surface area contributed by atoms with Crippen LogP contribution in [0.25, 0.3) is 27.9 Å². The number of benzene rings is 1. The maximum Gasteiger partial charge on any atom is 0.334 e. The minimum atomic E-state index is -2.56. The number of aryl methyl sites for hydroxylation is 2.